The van der Waals surface area contributed by atoms with Crippen LogP contribution in [0.15, 0.2) is 0 Å². The Morgan fingerprint density at radius 1 is 1.50 bits per heavy atom. The summed E-state index contributed by atoms with van der Waals surface area (Å²) in [5.41, 5.74) is 4.70. The highest BCUT2D eigenvalue weighted by Gasteiger charge is 2.30. The van der Waals surface area contributed by atoms with Gasteiger partial charge >= 0.3 is 5.97 Å². The third-order valence-corrected chi connectivity index (χ3v) is 2.76. The molecule has 0 unspecified atom stereocenters. The van der Waals surface area contributed by atoms with Crippen LogP contribution >= 0.6 is 12.2 Å². The van der Waals surface area contributed by atoms with E-state index in [1.165, 1.54) is 0 Å². The monoisotopic (exact) mass is 246 g/mol. The number of nitrogens with zero attached hydrogens (tertiary/aromatic N) is 1. The summed E-state index contributed by atoms with van der Waals surface area (Å²) in [6.45, 7) is 8.75. The van der Waals surface area contributed by atoms with Gasteiger partial charge in [-0.05, 0) is 27.7 Å². The van der Waals surface area contributed by atoms with Crippen molar-refractivity contribution in [2.24, 2.45) is 11.1 Å². The molecule has 16 heavy (non-hydrogen) atoms. The lowest BCUT2D eigenvalue weighted by molar-refractivity contribution is -0.148. The molecule has 0 bridgehead atoms. The SMILES string of the molecule is CC(C)N(CCC(N)=S)CC(C)(C)C(=O)O. The summed E-state index contributed by atoms with van der Waals surface area (Å²) in [5.74, 6) is -0.784. The zero-order valence-corrected chi connectivity index (χ0v) is 11.3. The normalized spacial score (nSPS) is 12.1. The first-order valence-electron chi connectivity index (χ1n) is 5.42. The van der Waals surface area contributed by atoms with Crippen LogP contribution in [0.25, 0.3) is 0 Å². The van der Waals surface area contributed by atoms with Crippen LogP contribution in [-0.4, -0.2) is 40.1 Å². The molecule has 0 aromatic heterocycles. The number of rotatable bonds is 7. The molecule has 3 N–H and O–H groups in total. The number of carboxylic acid groups (broad SMARTS) is 1. The molecule has 0 radical (unpaired) electrons. The molecule has 0 saturated heterocycles. The predicted octanol–water partition coefficient (Wildman–Crippen LogP) is 1.48. The largest absolute Gasteiger partial charge is 0.481 e. The number of thiocarbonyl (C=S) groups is 1. The number of carbonyl (C=O) groups is 1. The Morgan fingerprint density at radius 2 is 2.00 bits per heavy atom. The van der Waals surface area contributed by atoms with Gasteiger partial charge in [0.2, 0.25) is 0 Å². The lowest BCUT2D eigenvalue weighted by Gasteiger charge is -2.32. The van der Waals surface area contributed by atoms with Crippen LogP contribution in [0.3, 0.4) is 0 Å². The average molecular weight is 246 g/mol. The van der Waals surface area contributed by atoms with Crippen LogP contribution in [0.5, 0.6) is 0 Å². The molecule has 0 aliphatic rings. The Kier molecular flexibility index (Phi) is 5.89. The molecule has 4 nitrogen and oxygen atoms in total. The summed E-state index contributed by atoms with van der Waals surface area (Å²) >= 11 is 4.83. The fraction of sp³-hybridized carbons (Fsp3) is 0.818. The Balaban J connectivity index is 4.45. The van der Waals surface area contributed by atoms with Crippen LogP contribution in [0, 0.1) is 5.41 Å². The van der Waals surface area contributed by atoms with Crippen molar-refractivity contribution in [2.45, 2.75) is 40.2 Å². The Hall–Kier alpha value is -0.680. The van der Waals surface area contributed by atoms with E-state index in [1.807, 2.05) is 13.8 Å². The van der Waals surface area contributed by atoms with Gasteiger partial charge in [0, 0.05) is 25.6 Å². The molecular weight excluding hydrogens is 224 g/mol. The number of aliphatic carboxylic acids is 1. The molecule has 0 fully saturated rings. The van der Waals surface area contributed by atoms with E-state index in [1.54, 1.807) is 13.8 Å². The van der Waals surface area contributed by atoms with Crippen molar-refractivity contribution in [1.29, 1.82) is 0 Å². The maximum absolute atomic E-state index is 11.0. The Morgan fingerprint density at radius 3 is 2.31 bits per heavy atom. The minimum atomic E-state index is -0.784. The highest BCUT2D eigenvalue weighted by Crippen LogP contribution is 2.18. The molecule has 0 rings (SSSR count). The van der Waals surface area contributed by atoms with Crippen LogP contribution in [0.1, 0.15) is 34.1 Å². The van der Waals surface area contributed by atoms with Crippen LogP contribution in [-0.2, 0) is 4.79 Å². The van der Waals surface area contributed by atoms with Gasteiger partial charge < -0.3 is 10.8 Å². The van der Waals surface area contributed by atoms with Gasteiger partial charge in [-0.15, -0.1) is 0 Å². The molecular formula is C11H22N2O2S. The molecule has 0 heterocycles. The topological polar surface area (TPSA) is 66.6 Å². The predicted molar refractivity (Wildman–Crippen MR) is 69.5 cm³/mol. The second-order valence-electron chi connectivity index (χ2n) is 4.97. The van der Waals surface area contributed by atoms with Gasteiger partial charge in [0.15, 0.2) is 0 Å². The van der Waals surface area contributed by atoms with E-state index < -0.39 is 11.4 Å². The van der Waals surface area contributed by atoms with Gasteiger partial charge in [-0.3, -0.25) is 9.69 Å². The quantitative estimate of drug-likeness (QED) is 0.666. The molecule has 0 aromatic rings. The highest BCUT2D eigenvalue weighted by atomic mass is 32.1. The van der Waals surface area contributed by atoms with Crippen molar-refractivity contribution in [3.63, 3.8) is 0 Å². The molecule has 0 aliphatic heterocycles. The summed E-state index contributed by atoms with van der Waals surface area (Å²) in [6.07, 6.45) is 0.628. The van der Waals surface area contributed by atoms with E-state index in [0.29, 0.717) is 24.5 Å². The first-order valence-corrected chi connectivity index (χ1v) is 5.83. The van der Waals surface area contributed by atoms with Crippen molar-refractivity contribution in [1.82, 2.24) is 4.90 Å². The first-order chi connectivity index (χ1) is 7.16. The summed E-state index contributed by atoms with van der Waals surface area (Å²) < 4.78 is 0. The van der Waals surface area contributed by atoms with Gasteiger partial charge in [0.25, 0.3) is 0 Å². The molecule has 0 aliphatic carbocycles. The van der Waals surface area contributed by atoms with Crippen LogP contribution in [0.2, 0.25) is 0 Å². The molecule has 94 valence electrons. The van der Waals surface area contributed by atoms with E-state index >= 15 is 0 Å². The fourth-order valence-electron chi connectivity index (χ4n) is 1.35. The molecule has 5 heteroatoms. The van der Waals surface area contributed by atoms with Crippen molar-refractivity contribution >= 4 is 23.2 Å². The number of carboxylic acids is 1. The summed E-state index contributed by atoms with van der Waals surface area (Å²) in [7, 11) is 0. The number of hydrogen-bond donors (Lipinski definition) is 2. The smallest absolute Gasteiger partial charge is 0.310 e. The highest BCUT2D eigenvalue weighted by molar-refractivity contribution is 7.80. The van der Waals surface area contributed by atoms with Crippen molar-refractivity contribution in [3.8, 4) is 0 Å². The molecule has 0 saturated carbocycles. The Labute approximate surface area is 103 Å². The molecule has 0 atom stereocenters. The molecule has 0 amide bonds. The van der Waals surface area contributed by atoms with Gasteiger partial charge in [-0.25, -0.2) is 0 Å². The Bertz CT molecular complexity index is 265. The van der Waals surface area contributed by atoms with Gasteiger partial charge in [-0.1, -0.05) is 12.2 Å². The van der Waals surface area contributed by atoms with Crippen LogP contribution in [0.4, 0.5) is 0 Å². The van der Waals surface area contributed by atoms with E-state index in [4.69, 9.17) is 23.1 Å². The van der Waals surface area contributed by atoms with Gasteiger partial charge in [0.05, 0.1) is 10.4 Å². The first kappa shape index (κ1) is 15.3. The zero-order chi connectivity index (χ0) is 12.9. The van der Waals surface area contributed by atoms with Crippen molar-refractivity contribution < 1.29 is 9.90 Å². The maximum Gasteiger partial charge on any atom is 0.310 e. The third-order valence-electron chi connectivity index (χ3n) is 2.55. The van der Waals surface area contributed by atoms with Crippen molar-refractivity contribution in [2.75, 3.05) is 13.1 Å². The third kappa shape index (κ3) is 5.42. The van der Waals surface area contributed by atoms with E-state index in [2.05, 4.69) is 4.90 Å². The zero-order valence-electron chi connectivity index (χ0n) is 10.5. The standard InChI is InChI=1S/C11H22N2O2S/c1-8(2)13(6-5-9(12)16)7-11(3,4)10(14)15/h8H,5-7H2,1-4H3,(H2,12,16)(H,14,15). The minimum absolute atomic E-state index is 0.285. The summed E-state index contributed by atoms with van der Waals surface area (Å²) in [4.78, 5) is 13.6. The number of hydrogen-bond acceptors (Lipinski definition) is 3. The van der Waals surface area contributed by atoms with E-state index in [-0.39, 0.29) is 6.04 Å². The second-order valence-corrected chi connectivity index (χ2v) is 5.49. The lowest BCUT2D eigenvalue weighted by Crippen LogP contribution is -2.43. The average Bonchev–Trinajstić information content (AvgIpc) is 2.11. The minimum Gasteiger partial charge on any atom is -0.481 e. The molecule has 0 aromatic carbocycles. The number of nitrogens with two attached hydrogens (primary N) is 1. The van der Waals surface area contributed by atoms with E-state index in [9.17, 15) is 4.79 Å². The van der Waals surface area contributed by atoms with E-state index in [0.717, 1.165) is 0 Å². The van der Waals surface area contributed by atoms with Crippen molar-refractivity contribution in [3.05, 3.63) is 0 Å². The summed E-state index contributed by atoms with van der Waals surface area (Å²) in [6, 6.07) is 0.285. The lowest BCUT2D eigenvalue weighted by atomic mass is 9.92. The second kappa shape index (κ2) is 6.15. The van der Waals surface area contributed by atoms with Gasteiger partial charge in [0.1, 0.15) is 0 Å². The summed E-state index contributed by atoms with van der Waals surface area (Å²) in [5, 5.41) is 9.07. The maximum atomic E-state index is 11.0. The fourth-order valence-corrected chi connectivity index (χ4v) is 1.44. The van der Waals surface area contributed by atoms with Crippen LogP contribution < -0.4 is 5.73 Å². The molecule has 0 spiro atoms. The van der Waals surface area contributed by atoms with Gasteiger partial charge in [-0.2, -0.15) is 0 Å².